The van der Waals surface area contributed by atoms with Gasteiger partial charge in [-0.1, -0.05) is 6.92 Å². The zero-order valence-corrected chi connectivity index (χ0v) is 19.4. The van der Waals surface area contributed by atoms with Crippen molar-refractivity contribution in [2.75, 3.05) is 19.7 Å². The van der Waals surface area contributed by atoms with Crippen molar-refractivity contribution in [1.29, 1.82) is 0 Å². The van der Waals surface area contributed by atoms with E-state index >= 15 is 0 Å². The predicted octanol–water partition coefficient (Wildman–Crippen LogP) is 3.60. The van der Waals surface area contributed by atoms with Gasteiger partial charge < -0.3 is 19.9 Å². The maximum Gasteiger partial charge on any atom is 0.255 e. The minimum Gasteiger partial charge on any atom is -0.493 e. The van der Waals surface area contributed by atoms with Crippen LogP contribution in [0.25, 0.3) is 22.3 Å². The molecule has 0 spiro atoms. The first-order valence-corrected chi connectivity index (χ1v) is 11.8. The Morgan fingerprint density at radius 1 is 1.26 bits per heavy atom. The number of amides is 2. The molecule has 5 rings (SSSR count). The molecule has 2 aromatic heterocycles. The van der Waals surface area contributed by atoms with Gasteiger partial charge in [-0.15, -0.1) is 0 Å². The van der Waals surface area contributed by atoms with Crippen LogP contribution in [0.5, 0.6) is 5.75 Å². The zero-order chi connectivity index (χ0) is 23.8. The van der Waals surface area contributed by atoms with Crippen molar-refractivity contribution < 1.29 is 18.7 Å². The summed E-state index contributed by atoms with van der Waals surface area (Å²) in [5.74, 6) is 0.540. The number of H-pyrrole nitrogens is 1. The molecule has 1 aliphatic heterocycles. The van der Waals surface area contributed by atoms with E-state index in [1.807, 2.05) is 6.92 Å². The number of rotatable bonds is 7. The van der Waals surface area contributed by atoms with Gasteiger partial charge in [-0.25, -0.2) is 14.4 Å². The first-order chi connectivity index (χ1) is 16.4. The molecule has 1 aliphatic carbocycles. The number of ether oxygens (including phenoxy) is 1. The zero-order valence-electron chi connectivity index (χ0n) is 19.4. The van der Waals surface area contributed by atoms with Gasteiger partial charge in [-0.2, -0.15) is 0 Å². The van der Waals surface area contributed by atoms with E-state index in [0.717, 1.165) is 12.8 Å². The minimum atomic E-state index is -0.394. The van der Waals surface area contributed by atoms with Crippen molar-refractivity contribution in [1.82, 2.24) is 25.2 Å². The average Bonchev–Trinajstić information content (AvgIpc) is 3.43. The lowest BCUT2D eigenvalue weighted by atomic mass is 10.1. The molecule has 1 atom stereocenters. The summed E-state index contributed by atoms with van der Waals surface area (Å²) in [6.45, 7) is 5.37. The third kappa shape index (κ3) is 4.34. The molecule has 1 aromatic carbocycles. The summed E-state index contributed by atoms with van der Waals surface area (Å²) in [5.41, 5.74) is 3.10. The molecule has 0 unspecified atom stereocenters. The Bertz CT molecular complexity index is 1250. The summed E-state index contributed by atoms with van der Waals surface area (Å²) < 4.78 is 20.2. The highest BCUT2D eigenvalue weighted by Crippen LogP contribution is 2.36. The normalized spacial score (nSPS) is 17.9. The van der Waals surface area contributed by atoms with Crippen LogP contribution in [0.15, 0.2) is 24.5 Å². The van der Waals surface area contributed by atoms with Gasteiger partial charge in [0, 0.05) is 36.8 Å². The molecule has 0 radical (unpaired) electrons. The highest BCUT2D eigenvalue weighted by molar-refractivity contribution is 6.09. The molecule has 2 N–H and O–H groups in total. The molecular weight excluding hydrogens is 437 g/mol. The van der Waals surface area contributed by atoms with E-state index in [1.54, 1.807) is 17.9 Å². The fourth-order valence-corrected chi connectivity index (χ4v) is 4.49. The van der Waals surface area contributed by atoms with Gasteiger partial charge in [0.05, 0.1) is 17.7 Å². The van der Waals surface area contributed by atoms with Gasteiger partial charge >= 0.3 is 0 Å². The number of hydrogen-bond donors (Lipinski definition) is 2. The number of benzene rings is 1. The Kier molecular flexibility index (Phi) is 5.93. The second-order valence-corrected chi connectivity index (χ2v) is 9.12. The van der Waals surface area contributed by atoms with Crippen molar-refractivity contribution in [3.63, 3.8) is 0 Å². The smallest absolute Gasteiger partial charge is 0.255 e. The van der Waals surface area contributed by atoms with E-state index < -0.39 is 5.82 Å². The van der Waals surface area contributed by atoms with E-state index in [-0.39, 0.29) is 17.9 Å². The van der Waals surface area contributed by atoms with Crippen LogP contribution in [0.2, 0.25) is 0 Å². The van der Waals surface area contributed by atoms with Crippen molar-refractivity contribution in [3.8, 4) is 17.0 Å². The first kappa shape index (κ1) is 22.3. The van der Waals surface area contributed by atoms with Crippen molar-refractivity contribution >= 4 is 22.8 Å². The topological polar surface area (TPSA) is 100 Å². The van der Waals surface area contributed by atoms with Gasteiger partial charge in [-0.05, 0) is 50.3 Å². The van der Waals surface area contributed by atoms with E-state index in [4.69, 9.17) is 4.74 Å². The van der Waals surface area contributed by atoms with Crippen LogP contribution >= 0.6 is 0 Å². The van der Waals surface area contributed by atoms with Crippen LogP contribution in [-0.4, -0.2) is 57.4 Å². The van der Waals surface area contributed by atoms with E-state index in [1.165, 1.54) is 18.5 Å². The summed E-state index contributed by atoms with van der Waals surface area (Å²) in [7, 11) is 0. The van der Waals surface area contributed by atoms with Crippen LogP contribution in [0.1, 0.15) is 48.7 Å². The highest BCUT2D eigenvalue weighted by Gasteiger charge is 2.29. The molecule has 3 aromatic rings. The van der Waals surface area contributed by atoms with Crippen molar-refractivity contribution in [2.45, 2.75) is 45.6 Å². The SMILES string of the molecule is CCC(=O)N1CC[C@@H](NC(=O)c2c(C)[nH]c3c(-c4cc(F)ccc4OCC4CC4)ncnc23)C1. The lowest BCUT2D eigenvalue weighted by molar-refractivity contribution is -0.129. The summed E-state index contributed by atoms with van der Waals surface area (Å²) in [6.07, 6.45) is 4.84. The number of halogens is 1. The number of fused-ring (bicyclic) bond motifs is 1. The Morgan fingerprint density at radius 3 is 2.85 bits per heavy atom. The monoisotopic (exact) mass is 465 g/mol. The molecule has 9 heteroatoms. The molecule has 0 bridgehead atoms. The molecule has 178 valence electrons. The molecule has 1 saturated heterocycles. The molecule has 34 heavy (non-hydrogen) atoms. The van der Waals surface area contributed by atoms with Crippen LogP contribution in [0.4, 0.5) is 4.39 Å². The second-order valence-electron chi connectivity index (χ2n) is 9.12. The molecule has 8 nitrogen and oxygen atoms in total. The van der Waals surface area contributed by atoms with Gasteiger partial charge in [0.2, 0.25) is 5.91 Å². The number of aromatic amines is 1. The van der Waals surface area contributed by atoms with E-state index in [0.29, 0.717) is 77.8 Å². The quantitative estimate of drug-likeness (QED) is 0.555. The van der Waals surface area contributed by atoms with Crippen LogP contribution in [0.3, 0.4) is 0 Å². The second kappa shape index (κ2) is 9.04. The molecule has 2 amide bonds. The number of aromatic nitrogens is 3. The number of nitrogens with zero attached hydrogens (tertiary/aromatic N) is 3. The maximum atomic E-state index is 14.2. The Hall–Kier alpha value is -3.49. The third-order valence-electron chi connectivity index (χ3n) is 6.55. The van der Waals surface area contributed by atoms with Gasteiger partial charge in [0.25, 0.3) is 5.91 Å². The van der Waals surface area contributed by atoms with E-state index in [2.05, 4.69) is 20.3 Å². The highest BCUT2D eigenvalue weighted by atomic mass is 19.1. The largest absolute Gasteiger partial charge is 0.493 e. The van der Waals surface area contributed by atoms with Gasteiger partial charge in [-0.3, -0.25) is 9.59 Å². The summed E-state index contributed by atoms with van der Waals surface area (Å²) in [6, 6.07) is 4.28. The number of carbonyl (C=O) groups is 2. The number of nitrogens with one attached hydrogen (secondary N) is 2. The predicted molar refractivity (Wildman–Crippen MR) is 125 cm³/mol. The Morgan fingerprint density at radius 2 is 2.09 bits per heavy atom. The fraction of sp³-hybridized carbons (Fsp3) is 0.440. The standard InChI is InChI=1S/C25H28FN5O3/c1-3-20(32)31-9-8-17(11-31)30-25(33)21-14(2)29-24-22(27-13-28-23(21)24)18-10-16(26)6-7-19(18)34-12-15-4-5-15/h6-7,10,13,15,17,29H,3-5,8-9,11-12H2,1-2H3,(H,30,33)/t17-/m1/s1. The average molecular weight is 466 g/mol. The van der Waals surface area contributed by atoms with Crippen LogP contribution in [0, 0.1) is 18.7 Å². The lowest BCUT2D eigenvalue weighted by Crippen LogP contribution is -2.38. The lowest BCUT2D eigenvalue weighted by Gasteiger charge is -2.16. The van der Waals surface area contributed by atoms with E-state index in [9.17, 15) is 14.0 Å². The Balaban J connectivity index is 1.45. The van der Waals surface area contributed by atoms with Crippen LogP contribution in [-0.2, 0) is 4.79 Å². The number of carbonyl (C=O) groups excluding carboxylic acids is 2. The summed E-state index contributed by atoms with van der Waals surface area (Å²) >= 11 is 0. The first-order valence-electron chi connectivity index (χ1n) is 11.8. The fourth-order valence-electron chi connectivity index (χ4n) is 4.49. The Labute approximate surface area is 196 Å². The van der Waals surface area contributed by atoms with Crippen molar-refractivity contribution in [2.24, 2.45) is 5.92 Å². The summed E-state index contributed by atoms with van der Waals surface area (Å²) in [4.78, 5) is 39.0. The molecule has 1 saturated carbocycles. The van der Waals surface area contributed by atoms with Crippen molar-refractivity contribution in [3.05, 3.63) is 41.6 Å². The van der Waals surface area contributed by atoms with Crippen LogP contribution < -0.4 is 10.1 Å². The molecular formula is C25H28FN5O3. The number of hydrogen-bond acceptors (Lipinski definition) is 5. The minimum absolute atomic E-state index is 0.0900. The molecule has 2 aliphatic rings. The third-order valence-corrected chi connectivity index (χ3v) is 6.55. The molecule has 2 fully saturated rings. The van der Waals surface area contributed by atoms with Gasteiger partial charge in [0.15, 0.2) is 0 Å². The number of aryl methyl sites for hydroxylation is 1. The summed E-state index contributed by atoms with van der Waals surface area (Å²) in [5, 5.41) is 3.04. The maximum absolute atomic E-state index is 14.2. The molecule has 3 heterocycles. The number of likely N-dealkylation sites (tertiary alicyclic amines) is 1. The van der Waals surface area contributed by atoms with Gasteiger partial charge in [0.1, 0.15) is 29.1 Å².